The van der Waals surface area contributed by atoms with Gasteiger partial charge in [0.2, 0.25) is 0 Å². The van der Waals surface area contributed by atoms with Crippen LogP contribution in [-0.4, -0.2) is 39.5 Å². The molecule has 76 valence electrons. The van der Waals surface area contributed by atoms with Gasteiger partial charge in [-0.2, -0.15) is 0 Å². The van der Waals surface area contributed by atoms with E-state index in [9.17, 15) is 5.11 Å². The van der Waals surface area contributed by atoms with Gasteiger partial charge < -0.3 is 19.6 Å². The first-order chi connectivity index (χ1) is 5.88. The largest absolute Gasteiger partial charge is 0.390 e. The third-order valence-corrected chi connectivity index (χ3v) is 2.51. The van der Waals surface area contributed by atoms with E-state index in [0.29, 0.717) is 6.42 Å². The molecule has 3 atom stereocenters. The maximum Gasteiger partial charge on any atom is 0.134 e. The van der Waals surface area contributed by atoms with E-state index in [1.807, 2.05) is 6.92 Å². The molecule has 13 heavy (non-hydrogen) atoms. The highest BCUT2D eigenvalue weighted by Crippen LogP contribution is 2.36. The summed E-state index contributed by atoms with van der Waals surface area (Å²) in [6.45, 7) is 1.86. The lowest BCUT2D eigenvalue weighted by Crippen LogP contribution is -2.17. The minimum atomic E-state index is -3.14. The molecule has 0 aromatic rings. The normalized spacial score (nSPS) is 35.8. The Bertz CT molecular complexity index is 245. The van der Waals surface area contributed by atoms with E-state index in [1.54, 1.807) is 0 Å². The van der Waals surface area contributed by atoms with Gasteiger partial charge in [-0.15, -0.1) is 0 Å². The zero-order valence-electron chi connectivity index (χ0n) is 7.50. The highest BCUT2D eigenvalue weighted by molar-refractivity contribution is 7.65. The van der Waals surface area contributed by atoms with Gasteiger partial charge in [0.1, 0.15) is 13.4 Å². The molecule has 0 bridgehead atoms. The van der Waals surface area contributed by atoms with Crippen molar-refractivity contribution in [2.24, 2.45) is 0 Å². The van der Waals surface area contributed by atoms with Crippen LogP contribution in [0.5, 0.6) is 0 Å². The molecule has 0 radical (unpaired) electrons. The first-order valence-electron chi connectivity index (χ1n) is 4.10. The fourth-order valence-electron chi connectivity index (χ4n) is 1.28. The van der Waals surface area contributed by atoms with Crippen LogP contribution in [0.4, 0.5) is 0 Å². The molecule has 3 N–H and O–H groups in total. The molecule has 0 saturated carbocycles. The lowest BCUT2D eigenvalue weighted by molar-refractivity contribution is 0.0469. The van der Waals surface area contributed by atoms with Gasteiger partial charge in [-0.05, 0) is 25.1 Å². The molecule has 1 unspecified atom stereocenters. The van der Waals surface area contributed by atoms with Crippen molar-refractivity contribution in [3.8, 4) is 0 Å². The highest BCUT2D eigenvalue weighted by Gasteiger charge is 2.29. The lowest BCUT2D eigenvalue weighted by atomic mass is 10.1. The van der Waals surface area contributed by atoms with Crippen LogP contribution in [0.1, 0.15) is 13.3 Å². The number of hydrogen-bond acceptors (Lipinski definition) is 4. The molecule has 1 aliphatic heterocycles. The number of aliphatic hydroxyl groups excluding tert-OH is 1. The third kappa shape index (κ3) is 3.63. The average molecular weight is 206 g/mol. The van der Waals surface area contributed by atoms with Gasteiger partial charge in [0.25, 0.3) is 0 Å². The summed E-state index contributed by atoms with van der Waals surface area (Å²) in [5.74, 6) is 1.21. The van der Waals surface area contributed by atoms with Crippen LogP contribution in [0.3, 0.4) is 0 Å². The molecule has 0 aromatic carbocycles. The second-order valence-electron chi connectivity index (χ2n) is 3.34. The van der Waals surface area contributed by atoms with Gasteiger partial charge in [-0.25, -0.2) is 0 Å². The fraction of sp³-hybridized carbons (Fsp3) is 0.625. The first-order valence-corrected chi connectivity index (χ1v) is 6.05. The Labute approximate surface area is 77.6 Å². The molecule has 0 aliphatic carbocycles. The van der Waals surface area contributed by atoms with Crippen molar-refractivity contribution in [3.63, 3.8) is 0 Å². The maximum atomic E-state index is 9.41. The number of hydrogen-bond donors (Lipinski definition) is 3. The summed E-state index contributed by atoms with van der Waals surface area (Å²) >= 11 is 0. The molecule has 1 saturated heterocycles. The third-order valence-electron chi connectivity index (χ3n) is 1.86. The zero-order valence-corrected chi connectivity index (χ0v) is 8.39. The highest BCUT2D eigenvalue weighted by atomic mass is 31.2. The van der Waals surface area contributed by atoms with Crippen LogP contribution in [0, 0.1) is 0 Å². The number of rotatable bonds is 2. The topological polar surface area (TPSA) is 69.9 Å². The van der Waals surface area contributed by atoms with Crippen molar-refractivity contribution in [2.75, 3.05) is 0 Å². The van der Waals surface area contributed by atoms with Crippen LogP contribution in [0.25, 0.3) is 0 Å². The number of ether oxygens (including phenoxy) is 1. The SMILES string of the molecule is C=P(O)(O)/C=C/[C@H]1O[C@@H](C)CC1O. The second kappa shape index (κ2) is 3.95. The minimum absolute atomic E-state index is 0.0135. The fourth-order valence-corrected chi connectivity index (χ4v) is 1.73. The molecule has 5 heteroatoms. The Morgan fingerprint density at radius 1 is 1.54 bits per heavy atom. The molecule has 4 nitrogen and oxygen atoms in total. The van der Waals surface area contributed by atoms with E-state index < -0.39 is 19.5 Å². The average Bonchev–Trinajstić information content (AvgIpc) is 2.24. The van der Waals surface area contributed by atoms with Gasteiger partial charge in [0.05, 0.1) is 12.2 Å². The summed E-state index contributed by atoms with van der Waals surface area (Å²) in [7, 11) is -3.14. The van der Waals surface area contributed by atoms with Crippen LogP contribution >= 0.6 is 7.34 Å². The Balaban J connectivity index is 2.55. The summed E-state index contributed by atoms with van der Waals surface area (Å²) in [5, 5.41) is 9.41. The summed E-state index contributed by atoms with van der Waals surface area (Å²) in [4.78, 5) is 17.9. The summed E-state index contributed by atoms with van der Waals surface area (Å²) in [6.07, 6.45) is 4.24. The standard InChI is InChI=1S/C8H15O4P/c1-6-5-7(9)8(12-6)3-4-13(2,10)11/h3-4,6-11H,2,5H2,1H3/b4-3+/t6-,7?,8+/m0/s1. The summed E-state index contributed by atoms with van der Waals surface area (Å²) < 4.78 is 5.30. The molecule has 1 heterocycles. The van der Waals surface area contributed by atoms with Crippen molar-refractivity contribution in [2.45, 2.75) is 31.7 Å². The van der Waals surface area contributed by atoms with Crippen molar-refractivity contribution in [1.29, 1.82) is 0 Å². The second-order valence-corrected chi connectivity index (χ2v) is 5.21. The molecule has 0 spiro atoms. The van der Waals surface area contributed by atoms with E-state index in [1.165, 1.54) is 11.9 Å². The van der Waals surface area contributed by atoms with Gasteiger partial charge in [0.15, 0.2) is 0 Å². The van der Waals surface area contributed by atoms with Crippen LogP contribution < -0.4 is 0 Å². The predicted octanol–water partition coefficient (Wildman–Crippen LogP) is 0.303. The maximum absolute atomic E-state index is 9.41. The van der Waals surface area contributed by atoms with Gasteiger partial charge in [-0.3, -0.25) is 0 Å². The monoisotopic (exact) mass is 206 g/mol. The molecular weight excluding hydrogens is 191 g/mol. The Morgan fingerprint density at radius 3 is 2.54 bits per heavy atom. The van der Waals surface area contributed by atoms with E-state index in [2.05, 4.69) is 6.30 Å². The predicted molar refractivity (Wildman–Crippen MR) is 52.6 cm³/mol. The Hall–Kier alpha value is -0.120. The molecule has 0 aromatic heterocycles. The lowest BCUT2D eigenvalue weighted by Gasteiger charge is -2.10. The van der Waals surface area contributed by atoms with Gasteiger partial charge in [0, 0.05) is 6.42 Å². The Kier molecular flexibility index (Phi) is 3.33. The quantitative estimate of drug-likeness (QED) is 0.568. The van der Waals surface area contributed by atoms with Crippen molar-refractivity contribution < 1.29 is 19.6 Å². The van der Waals surface area contributed by atoms with Crippen molar-refractivity contribution >= 4 is 13.6 Å². The van der Waals surface area contributed by atoms with Crippen LogP contribution in [-0.2, 0) is 4.74 Å². The molecule has 1 aliphatic rings. The van der Waals surface area contributed by atoms with E-state index >= 15 is 0 Å². The van der Waals surface area contributed by atoms with Crippen molar-refractivity contribution in [1.82, 2.24) is 0 Å². The number of aliphatic hydroxyl groups is 1. The van der Waals surface area contributed by atoms with E-state index in [4.69, 9.17) is 14.5 Å². The van der Waals surface area contributed by atoms with Gasteiger partial charge >= 0.3 is 0 Å². The molecule has 1 rings (SSSR count). The molecular formula is C8H15O4P. The van der Waals surface area contributed by atoms with E-state index in [-0.39, 0.29) is 6.10 Å². The van der Waals surface area contributed by atoms with Crippen LogP contribution in [0.2, 0.25) is 0 Å². The smallest absolute Gasteiger partial charge is 0.134 e. The summed E-state index contributed by atoms with van der Waals surface area (Å²) in [6, 6.07) is 0. The minimum Gasteiger partial charge on any atom is -0.390 e. The van der Waals surface area contributed by atoms with Crippen molar-refractivity contribution in [3.05, 3.63) is 11.9 Å². The molecule has 1 fully saturated rings. The van der Waals surface area contributed by atoms with Gasteiger partial charge in [-0.1, -0.05) is 0 Å². The summed E-state index contributed by atoms with van der Waals surface area (Å²) in [5.41, 5.74) is 0. The van der Waals surface area contributed by atoms with Crippen LogP contribution in [0.15, 0.2) is 11.9 Å². The van der Waals surface area contributed by atoms with E-state index in [0.717, 1.165) is 0 Å². The molecule has 0 amide bonds. The first kappa shape index (κ1) is 11.0. The Morgan fingerprint density at radius 2 is 2.15 bits per heavy atom. The zero-order chi connectivity index (χ0) is 10.1.